The molecule has 0 aliphatic heterocycles. The monoisotopic (exact) mass is 170 g/mol. The molecule has 0 unspecified atom stereocenters. The second-order valence-electron chi connectivity index (χ2n) is 3.57. The zero-order valence-corrected chi connectivity index (χ0v) is 7.75. The van der Waals surface area contributed by atoms with Gasteiger partial charge in [0.15, 0.2) is 0 Å². The summed E-state index contributed by atoms with van der Waals surface area (Å²) < 4.78 is 5.26. The highest BCUT2D eigenvalue weighted by molar-refractivity contribution is 4.95. The summed E-state index contributed by atoms with van der Waals surface area (Å²) in [5.41, 5.74) is -0.644. The third kappa shape index (κ3) is 1.87. The van der Waals surface area contributed by atoms with Gasteiger partial charge in [-0.25, -0.2) is 0 Å². The van der Waals surface area contributed by atoms with Crippen molar-refractivity contribution in [1.82, 2.24) is 0 Å². The van der Waals surface area contributed by atoms with E-state index in [4.69, 9.17) is 4.74 Å². The number of aliphatic hydroxyl groups is 1. The van der Waals surface area contributed by atoms with Crippen molar-refractivity contribution in [1.29, 1.82) is 0 Å². The Labute approximate surface area is 74.2 Å². The van der Waals surface area contributed by atoms with E-state index < -0.39 is 5.60 Å². The Morgan fingerprint density at radius 2 is 2.42 bits per heavy atom. The van der Waals surface area contributed by atoms with Gasteiger partial charge >= 0.3 is 0 Å². The Hall–Kier alpha value is -0.340. The average molecular weight is 170 g/mol. The summed E-state index contributed by atoms with van der Waals surface area (Å²) in [6.07, 6.45) is 6.51. The third-order valence-electron chi connectivity index (χ3n) is 2.71. The van der Waals surface area contributed by atoms with Crippen molar-refractivity contribution in [3.63, 3.8) is 0 Å². The fraction of sp³-hybridized carbons (Fsp3) is 0.800. The Balaban J connectivity index is 2.61. The maximum absolute atomic E-state index is 10.1. The topological polar surface area (TPSA) is 29.5 Å². The van der Waals surface area contributed by atoms with Gasteiger partial charge in [0.2, 0.25) is 0 Å². The fourth-order valence-corrected chi connectivity index (χ4v) is 2.01. The molecule has 0 saturated heterocycles. The Morgan fingerprint density at radius 1 is 1.67 bits per heavy atom. The lowest BCUT2D eigenvalue weighted by Gasteiger charge is -2.38. The summed E-state index contributed by atoms with van der Waals surface area (Å²) in [7, 11) is 1.67. The van der Waals surface area contributed by atoms with Crippen molar-refractivity contribution in [2.45, 2.75) is 43.8 Å². The highest BCUT2D eigenvalue weighted by Gasteiger charge is 2.37. The van der Waals surface area contributed by atoms with E-state index in [1.807, 2.05) is 0 Å². The van der Waals surface area contributed by atoms with Gasteiger partial charge in [0.25, 0.3) is 0 Å². The fourth-order valence-electron chi connectivity index (χ4n) is 2.01. The van der Waals surface area contributed by atoms with Crippen LogP contribution in [-0.4, -0.2) is 23.9 Å². The van der Waals surface area contributed by atoms with Crippen molar-refractivity contribution in [3.05, 3.63) is 12.7 Å². The summed E-state index contributed by atoms with van der Waals surface area (Å²) in [6, 6.07) is 0. The van der Waals surface area contributed by atoms with E-state index in [1.165, 1.54) is 0 Å². The van der Waals surface area contributed by atoms with Gasteiger partial charge in [-0.2, -0.15) is 0 Å². The van der Waals surface area contributed by atoms with Gasteiger partial charge in [-0.1, -0.05) is 18.9 Å². The molecule has 0 aromatic rings. The largest absolute Gasteiger partial charge is 0.387 e. The molecule has 2 heteroatoms. The third-order valence-corrected chi connectivity index (χ3v) is 2.71. The normalized spacial score (nSPS) is 36.3. The maximum Gasteiger partial charge on any atom is 0.0942 e. The van der Waals surface area contributed by atoms with E-state index in [0.29, 0.717) is 6.42 Å². The second kappa shape index (κ2) is 4.06. The van der Waals surface area contributed by atoms with Gasteiger partial charge < -0.3 is 9.84 Å². The predicted octanol–water partition coefficient (Wildman–Crippen LogP) is 1.88. The van der Waals surface area contributed by atoms with Crippen LogP contribution >= 0.6 is 0 Å². The van der Waals surface area contributed by atoms with Crippen LogP contribution < -0.4 is 0 Å². The van der Waals surface area contributed by atoms with Gasteiger partial charge in [0.1, 0.15) is 0 Å². The molecule has 0 aromatic heterocycles. The van der Waals surface area contributed by atoms with Crippen LogP contribution in [0.15, 0.2) is 12.7 Å². The van der Waals surface area contributed by atoms with Crippen molar-refractivity contribution in [3.8, 4) is 0 Å². The molecule has 1 N–H and O–H groups in total. The lowest BCUT2D eigenvalue weighted by Crippen LogP contribution is -2.45. The molecular weight excluding hydrogens is 152 g/mol. The number of hydrogen-bond donors (Lipinski definition) is 1. The molecule has 1 aliphatic carbocycles. The molecular formula is C10H18O2. The van der Waals surface area contributed by atoms with Crippen LogP contribution in [0.4, 0.5) is 0 Å². The lowest BCUT2D eigenvalue weighted by molar-refractivity contribution is -0.114. The molecule has 0 spiro atoms. The minimum atomic E-state index is -0.644. The van der Waals surface area contributed by atoms with Crippen LogP contribution in [0, 0.1) is 0 Å². The SMILES string of the molecule is C=CC[C@@]1(O)CCCC[C@H]1OC. The first-order valence-electron chi connectivity index (χ1n) is 4.59. The first-order chi connectivity index (χ1) is 5.73. The zero-order chi connectivity index (χ0) is 9.03. The minimum Gasteiger partial charge on any atom is -0.387 e. The number of methoxy groups -OCH3 is 1. The van der Waals surface area contributed by atoms with Crippen LogP contribution in [0.2, 0.25) is 0 Å². The molecule has 2 atom stereocenters. The molecule has 0 amide bonds. The van der Waals surface area contributed by atoms with Gasteiger partial charge in [-0.15, -0.1) is 6.58 Å². The van der Waals surface area contributed by atoms with Crippen LogP contribution in [0.5, 0.6) is 0 Å². The molecule has 1 aliphatic rings. The Morgan fingerprint density at radius 3 is 3.00 bits per heavy atom. The van der Waals surface area contributed by atoms with E-state index in [9.17, 15) is 5.11 Å². The van der Waals surface area contributed by atoms with Crippen LogP contribution in [0.3, 0.4) is 0 Å². The molecule has 2 nitrogen and oxygen atoms in total. The second-order valence-corrected chi connectivity index (χ2v) is 3.57. The van der Waals surface area contributed by atoms with Gasteiger partial charge in [-0.05, 0) is 19.3 Å². The van der Waals surface area contributed by atoms with Crippen molar-refractivity contribution < 1.29 is 9.84 Å². The maximum atomic E-state index is 10.1. The van der Waals surface area contributed by atoms with Gasteiger partial charge in [0, 0.05) is 7.11 Å². The quantitative estimate of drug-likeness (QED) is 0.655. The highest BCUT2D eigenvalue weighted by Crippen LogP contribution is 2.33. The summed E-state index contributed by atoms with van der Waals surface area (Å²) in [4.78, 5) is 0. The van der Waals surface area contributed by atoms with Gasteiger partial charge in [0.05, 0.1) is 11.7 Å². The van der Waals surface area contributed by atoms with E-state index in [0.717, 1.165) is 25.7 Å². The Kier molecular flexibility index (Phi) is 3.29. The van der Waals surface area contributed by atoms with Crippen molar-refractivity contribution in [2.75, 3.05) is 7.11 Å². The predicted molar refractivity (Wildman–Crippen MR) is 49.0 cm³/mol. The summed E-state index contributed by atoms with van der Waals surface area (Å²) in [6.45, 7) is 3.65. The molecule has 1 saturated carbocycles. The molecule has 0 heterocycles. The molecule has 70 valence electrons. The van der Waals surface area contributed by atoms with Crippen LogP contribution in [0.1, 0.15) is 32.1 Å². The summed E-state index contributed by atoms with van der Waals surface area (Å²) in [5, 5.41) is 10.1. The standard InChI is InChI=1S/C10H18O2/c1-3-7-10(11)8-5-4-6-9(10)12-2/h3,9,11H,1,4-8H2,2H3/t9-,10-/m1/s1. The molecule has 12 heavy (non-hydrogen) atoms. The van der Waals surface area contributed by atoms with Crippen LogP contribution in [0.25, 0.3) is 0 Å². The number of ether oxygens (including phenoxy) is 1. The first kappa shape index (κ1) is 9.75. The summed E-state index contributed by atoms with van der Waals surface area (Å²) >= 11 is 0. The Bertz CT molecular complexity index is 156. The molecule has 1 rings (SSSR count). The minimum absolute atomic E-state index is 0.00394. The lowest BCUT2D eigenvalue weighted by atomic mass is 9.80. The van der Waals surface area contributed by atoms with Crippen molar-refractivity contribution in [2.24, 2.45) is 0 Å². The van der Waals surface area contributed by atoms with E-state index >= 15 is 0 Å². The van der Waals surface area contributed by atoms with E-state index in [2.05, 4.69) is 6.58 Å². The summed E-state index contributed by atoms with van der Waals surface area (Å²) in [5.74, 6) is 0. The highest BCUT2D eigenvalue weighted by atomic mass is 16.5. The van der Waals surface area contributed by atoms with Crippen LogP contribution in [-0.2, 0) is 4.74 Å². The zero-order valence-electron chi connectivity index (χ0n) is 7.75. The molecule has 0 bridgehead atoms. The number of rotatable bonds is 3. The first-order valence-corrected chi connectivity index (χ1v) is 4.59. The average Bonchev–Trinajstić information content (AvgIpc) is 2.05. The molecule has 0 radical (unpaired) electrons. The van der Waals surface area contributed by atoms with Gasteiger partial charge in [-0.3, -0.25) is 0 Å². The number of hydrogen-bond acceptors (Lipinski definition) is 2. The van der Waals surface area contributed by atoms with Crippen molar-refractivity contribution >= 4 is 0 Å². The smallest absolute Gasteiger partial charge is 0.0942 e. The van der Waals surface area contributed by atoms with E-state index in [-0.39, 0.29) is 6.10 Å². The molecule has 1 fully saturated rings. The molecule has 0 aromatic carbocycles. The van der Waals surface area contributed by atoms with E-state index in [1.54, 1.807) is 13.2 Å².